The van der Waals surface area contributed by atoms with Crippen LogP contribution in [0, 0.1) is 13.8 Å². The van der Waals surface area contributed by atoms with Gasteiger partial charge in [0.1, 0.15) is 5.75 Å². The number of anilines is 1. The van der Waals surface area contributed by atoms with Crippen molar-refractivity contribution in [3.05, 3.63) is 59.2 Å². The minimum Gasteiger partial charge on any atom is -0.494 e. The number of nitrogens with one attached hydrogen (secondary N) is 3. The second-order valence-corrected chi connectivity index (χ2v) is 6.33. The summed E-state index contributed by atoms with van der Waals surface area (Å²) in [7, 11) is 0. The van der Waals surface area contributed by atoms with Crippen LogP contribution in [0.5, 0.6) is 5.75 Å². The van der Waals surface area contributed by atoms with E-state index in [9.17, 15) is 14.4 Å². The summed E-state index contributed by atoms with van der Waals surface area (Å²) < 4.78 is 5.34. The molecule has 0 saturated heterocycles. The summed E-state index contributed by atoms with van der Waals surface area (Å²) in [5, 5.41) is 2.80. The molecule has 0 aromatic heterocycles. The van der Waals surface area contributed by atoms with Crippen molar-refractivity contribution >= 4 is 23.4 Å². The molecular weight excluding hydrogens is 358 g/mol. The summed E-state index contributed by atoms with van der Waals surface area (Å²) in [4.78, 5) is 36.0. The Balaban J connectivity index is 1.77. The van der Waals surface area contributed by atoms with Crippen LogP contribution in [0.15, 0.2) is 42.5 Å². The molecule has 3 amide bonds. The summed E-state index contributed by atoms with van der Waals surface area (Å²) in [5.41, 5.74) is 7.72. The maximum Gasteiger partial charge on any atom is 0.269 e. The van der Waals surface area contributed by atoms with Crippen molar-refractivity contribution < 1.29 is 19.1 Å². The largest absolute Gasteiger partial charge is 0.494 e. The minimum atomic E-state index is -0.463. The standard InChI is InChI=1S/C21H25N3O4/c1-4-28-17-7-5-6-16(13-17)21(27)24-23-20(26)11-10-19(25)22-18-12-14(2)8-9-15(18)3/h5-9,12-13H,4,10-11H2,1-3H3,(H,22,25)(H,23,26)(H,24,27). The molecule has 0 atom stereocenters. The van der Waals surface area contributed by atoms with Crippen molar-refractivity contribution in [2.24, 2.45) is 0 Å². The fraction of sp³-hybridized carbons (Fsp3) is 0.286. The highest BCUT2D eigenvalue weighted by atomic mass is 16.5. The molecule has 2 rings (SSSR count). The highest BCUT2D eigenvalue weighted by molar-refractivity contribution is 5.97. The number of hydrogen-bond acceptors (Lipinski definition) is 4. The summed E-state index contributed by atoms with van der Waals surface area (Å²) in [6.45, 7) is 6.18. The van der Waals surface area contributed by atoms with Gasteiger partial charge in [0.05, 0.1) is 6.61 Å². The van der Waals surface area contributed by atoms with E-state index < -0.39 is 11.8 Å². The molecule has 0 saturated carbocycles. The molecule has 0 spiro atoms. The number of hydrogen-bond donors (Lipinski definition) is 3. The van der Waals surface area contributed by atoms with E-state index in [4.69, 9.17) is 4.74 Å². The minimum absolute atomic E-state index is 0.00884. The van der Waals surface area contributed by atoms with Crippen LogP contribution in [0.1, 0.15) is 41.3 Å². The molecule has 2 aromatic carbocycles. The molecule has 28 heavy (non-hydrogen) atoms. The quantitative estimate of drug-likeness (QED) is 0.641. The maximum absolute atomic E-state index is 12.1. The number of amides is 3. The van der Waals surface area contributed by atoms with Crippen molar-refractivity contribution in [3.63, 3.8) is 0 Å². The van der Waals surface area contributed by atoms with Crippen LogP contribution >= 0.6 is 0 Å². The lowest BCUT2D eigenvalue weighted by atomic mass is 10.1. The molecule has 0 radical (unpaired) electrons. The van der Waals surface area contributed by atoms with Gasteiger partial charge in [-0.25, -0.2) is 0 Å². The molecular formula is C21H25N3O4. The van der Waals surface area contributed by atoms with Crippen molar-refractivity contribution in [2.45, 2.75) is 33.6 Å². The molecule has 148 valence electrons. The first-order valence-electron chi connectivity index (χ1n) is 9.08. The molecule has 0 fully saturated rings. The second-order valence-electron chi connectivity index (χ2n) is 6.33. The molecule has 0 heterocycles. The highest BCUT2D eigenvalue weighted by Crippen LogP contribution is 2.16. The summed E-state index contributed by atoms with van der Waals surface area (Å²) >= 11 is 0. The van der Waals surface area contributed by atoms with Crippen LogP contribution in [-0.2, 0) is 9.59 Å². The van der Waals surface area contributed by atoms with Gasteiger partial charge in [0.25, 0.3) is 5.91 Å². The second kappa shape index (κ2) is 10.1. The number of hydrazine groups is 1. The molecule has 0 unspecified atom stereocenters. The molecule has 0 aliphatic carbocycles. The van der Waals surface area contributed by atoms with Gasteiger partial charge in [-0.2, -0.15) is 0 Å². The topological polar surface area (TPSA) is 96.5 Å². The van der Waals surface area contributed by atoms with Gasteiger partial charge in [0.2, 0.25) is 11.8 Å². The number of ether oxygens (including phenoxy) is 1. The van der Waals surface area contributed by atoms with Crippen LogP contribution in [0.4, 0.5) is 5.69 Å². The number of carbonyl (C=O) groups excluding carboxylic acids is 3. The van der Waals surface area contributed by atoms with Crippen molar-refractivity contribution in [2.75, 3.05) is 11.9 Å². The first-order chi connectivity index (χ1) is 13.4. The van der Waals surface area contributed by atoms with Gasteiger partial charge in [-0.3, -0.25) is 25.2 Å². The normalized spacial score (nSPS) is 10.1. The van der Waals surface area contributed by atoms with E-state index in [1.54, 1.807) is 24.3 Å². The summed E-state index contributed by atoms with van der Waals surface area (Å²) in [6, 6.07) is 12.4. The average Bonchev–Trinajstić information content (AvgIpc) is 2.68. The summed E-state index contributed by atoms with van der Waals surface area (Å²) in [5.74, 6) is -0.607. The van der Waals surface area contributed by atoms with Crippen LogP contribution in [0.3, 0.4) is 0 Å². The smallest absolute Gasteiger partial charge is 0.269 e. The van der Waals surface area contributed by atoms with E-state index in [1.165, 1.54) is 0 Å². The van der Waals surface area contributed by atoms with E-state index >= 15 is 0 Å². The van der Waals surface area contributed by atoms with Crippen LogP contribution in [-0.4, -0.2) is 24.3 Å². The molecule has 3 N–H and O–H groups in total. The van der Waals surface area contributed by atoms with Crippen LogP contribution < -0.4 is 20.9 Å². The zero-order valence-corrected chi connectivity index (χ0v) is 16.3. The Bertz CT molecular complexity index is 864. The predicted octanol–water partition coefficient (Wildman–Crippen LogP) is 2.88. The van der Waals surface area contributed by atoms with Gasteiger partial charge >= 0.3 is 0 Å². The molecule has 0 bridgehead atoms. The first-order valence-corrected chi connectivity index (χ1v) is 9.08. The van der Waals surface area contributed by atoms with Crippen LogP contribution in [0.25, 0.3) is 0 Å². The Kier molecular flexibility index (Phi) is 7.56. The van der Waals surface area contributed by atoms with Crippen molar-refractivity contribution in [3.8, 4) is 5.75 Å². The monoisotopic (exact) mass is 383 g/mol. The Hall–Kier alpha value is -3.35. The maximum atomic E-state index is 12.1. The van der Waals surface area contributed by atoms with E-state index in [2.05, 4.69) is 16.2 Å². The van der Waals surface area contributed by atoms with Gasteiger partial charge in [0.15, 0.2) is 0 Å². The molecule has 2 aromatic rings. The van der Waals surface area contributed by atoms with Crippen molar-refractivity contribution in [1.82, 2.24) is 10.9 Å². The molecule has 0 aliphatic rings. The molecule has 7 nitrogen and oxygen atoms in total. The Morgan fingerprint density at radius 2 is 1.68 bits per heavy atom. The van der Waals surface area contributed by atoms with Gasteiger partial charge < -0.3 is 10.1 Å². The Morgan fingerprint density at radius 3 is 2.43 bits per heavy atom. The number of carbonyl (C=O) groups is 3. The number of benzene rings is 2. The zero-order valence-electron chi connectivity index (χ0n) is 16.3. The number of rotatable bonds is 7. The van der Waals surface area contributed by atoms with E-state index in [-0.39, 0.29) is 18.7 Å². The fourth-order valence-corrected chi connectivity index (χ4v) is 2.47. The summed E-state index contributed by atoms with van der Waals surface area (Å²) in [6.07, 6.45) is -0.0368. The lowest BCUT2D eigenvalue weighted by Crippen LogP contribution is -2.41. The molecule has 0 aliphatic heterocycles. The van der Waals surface area contributed by atoms with Gasteiger partial charge in [-0.15, -0.1) is 0 Å². The zero-order chi connectivity index (χ0) is 20.5. The lowest BCUT2D eigenvalue weighted by Gasteiger charge is -2.10. The van der Waals surface area contributed by atoms with E-state index in [0.717, 1.165) is 16.8 Å². The molecule has 7 heteroatoms. The predicted molar refractivity (Wildman–Crippen MR) is 107 cm³/mol. The van der Waals surface area contributed by atoms with Gasteiger partial charge in [0, 0.05) is 24.1 Å². The highest BCUT2D eigenvalue weighted by Gasteiger charge is 2.11. The third kappa shape index (κ3) is 6.42. The number of aryl methyl sites for hydroxylation is 2. The van der Waals surface area contributed by atoms with Gasteiger partial charge in [-0.1, -0.05) is 18.2 Å². The van der Waals surface area contributed by atoms with Crippen LogP contribution in [0.2, 0.25) is 0 Å². The average molecular weight is 383 g/mol. The Labute approximate surface area is 164 Å². The first kappa shape index (κ1) is 21.0. The lowest BCUT2D eigenvalue weighted by molar-refractivity contribution is -0.124. The fourth-order valence-electron chi connectivity index (χ4n) is 2.47. The van der Waals surface area contributed by atoms with Gasteiger partial charge in [-0.05, 0) is 56.2 Å². The van der Waals surface area contributed by atoms with Crippen molar-refractivity contribution in [1.29, 1.82) is 0 Å². The third-order valence-corrected chi connectivity index (χ3v) is 3.97. The SMILES string of the molecule is CCOc1cccc(C(=O)NNC(=O)CCC(=O)Nc2cc(C)ccc2C)c1. The van der Waals surface area contributed by atoms with E-state index in [0.29, 0.717) is 17.9 Å². The Morgan fingerprint density at radius 1 is 0.929 bits per heavy atom. The van der Waals surface area contributed by atoms with E-state index in [1.807, 2.05) is 39.0 Å². The third-order valence-electron chi connectivity index (χ3n) is 3.97.